The Hall–Kier alpha value is -0.730. The van der Waals surface area contributed by atoms with Gasteiger partial charge in [0.05, 0.1) is 6.10 Å². The number of halogens is 1. The minimum absolute atomic E-state index is 0.204. The predicted molar refractivity (Wildman–Crippen MR) is 80.9 cm³/mol. The Balaban J connectivity index is 2.26. The van der Waals surface area contributed by atoms with Gasteiger partial charge in [0.15, 0.2) is 0 Å². The lowest BCUT2D eigenvalue weighted by Crippen LogP contribution is -2.28. The molecule has 2 atom stereocenters. The highest BCUT2D eigenvalue weighted by atomic mass is 35.5. The van der Waals surface area contributed by atoms with Crippen molar-refractivity contribution in [3.8, 4) is 5.75 Å². The molecular formula is C16H25ClO2. The number of ether oxygens (including phenoxy) is 1. The van der Waals surface area contributed by atoms with Gasteiger partial charge in [-0.2, -0.15) is 0 Å². The zero-order valence-corrected chi connectivity index (χ0v) is 12.7. The van der Waals surface area contributed by atoms with Crippen LogP contribution in [0.3, 0.4) is 0 Å². The summed E-state index contributed by atoms with van der Waals surface area (Å²) in [4.78, 5) is 0. The van der Waals surface area contributed by atoms with Crippen LogP contribution >= 0.6 is 11.6 Å². The summed E-state index contributed by atoms with van der Waals surface area (Å²) in [7, 11) is 0. The fraction of sp³-hybridized carbons (Fsp3) is 0.625. The first-order valence-electron chi connectivity index (χ1n) is 7.23. The Labute approximate surface area is 121 Å². The molecule has 0 saturated carbocycles. The van der Waals surface area contributed by atoms with E-state index in [9.17, 15) is 5.11 Å². The fourth-order valence-electron chi connectivity index (χ4n) is 2.03. The zero-order valence-electron chi connectivity index (χ0n) is 11.9. The van der Waals surface area contributed by atoms with E-state index in [-0.39, 0.29) is 6.10 Å². The van der Waals surface area contributed by atoms with Crippen LogP contribution in [0, 0.1) is 0 Å². The molecule has 0 aliphatic carbocycles. The first-order valence-corrected chi connectivity index (χ1v) is 7.61. The quantitative estimate of drug-likeness (QED) is 0.658. The molecule has 0 spiro atoms. The van der Waals surface area contributed by atoms with Crippen LogP contribution in [0.2, 0.25) is 5.02 Å². The molecule has 2 unspecified atom stereocenters. The second-order valence-electron chi connectivity index (χ2n) is 5.05. The number of benzene rings is 1. The molecule has 0 aliphatic heterocycles. The lowest BCUT2D eigenvalue weighted by molar-refractivity contribution is 0.0400. The average molecular weight is 285 g/mol. The number of rotatable bonds is 9. The highest BCUT2D eigenvalue weighted by Crippen LogP contribution is 2.20. The van der Waals surface area contributed by atoms with Gasteiger partial charge >= 0.3 is 0 Å². The summed E-state index contributed by atoms with van der Waals surface area (Å²) >= 11 is 5.90. The summed E-state index contributed by atoms with van der Waals surface area (Å²) < 4.78 is 5.70. The maximum Gasteiger partial charge on any atom is 0.122 e. The van der Waals surface area contributed by atoms with Crippen LogP contribution in [0.25, 0.3) is 0 Å². The van der Waals surface area contributed by atoms with Crippen molar-refractivity contribution in [2.75, 3.05) is 0 Å². The van der Waals surface area contributed by atoms with Gasteiger partial charge in [0, 0.05) is 5.02 Å². The molecule has 1 aromatic carbocycles. The molecule has 3 heteroatoms. The van der Waals surface area contributed by atoms with Crippen LogP contribution in [-0.2, 0) is 0 Å². The zero-order chi connectivity index (χ0) is 14.1. The Kier molecular flexibility index (Phi) is 7.92. The number of aliphatic hydroxyl groups excluding tert-OH is 1. The predicted octanol–water partition coefficient (Wildman–Crippen LogP) is 4.83. The number of unbranched alkanes of at least 4 members (excludes halogenated alkanes) is 4. The van der Waals surface area contributed by atoms with Crippen molar-refractivity contribution in [1.82, 2.24) is 0 Å². The summed E-state index contributed by atoms with van der Waals surface area (Å²) in [6.45, 7) is 4.10. The van der Waals surface area contributed by atoms with E-state index in [0.717, 1.165) is 12.8 Å². The van der Waals surface area contributed by atoms with Crippen molar-refractivity contribution in [3.63, 3.8) is 0 Å². The molecule has 0 amide bonds. The number of hydrogen-bond donors (Lipinski definition) is 1. The molecule has 19 heavy (non-hydrogen) atoms. The highest BCUT2D eigenvalue weighted by Gasteiger charge is 2.15. The van der Waals surface area contributed by atoms with E-state index in [0.29, 0.717) is 10.8 Å². The van der Waals surface area contributed by atoms with Gasteiger partial charge in [-0.15, -0.1) is 0 Å². The van der Waals surface area contributed by atoms with E-state index >= 15 is 0 Å². The average Bonchev–Trinajstić information content (AvgIpc) is 2.38. The van der Waals surface area contributed by atoms with Gasteiger partial charge in [-0.3, -0.25) is 0 Å². The number of hydrogen-bond acceptors (Lipinski definition) is 2. The largest absolute Gasteiger partial charge is 0.488 e. The third kappa shape index (κ3) is 6.84. The molecule has 0 saturated heterocycles. The van der Waals surface area contributed by atoms with E-state index in [4.69, 9.17) is 16.3 Å². The minimum atomic E-state index is -0.416. The fourth-order valence-corrected chi connectivity index (χ4v) is 2.21. The molecule has 1 rings (SSSR count). The SMILES string of the molecule is CCCCCCCC(O)C(C)Oc1cccc(Cl)c1. The van der Waals surface area contributed by atoms with Crippen molar-refractivity contribution in [1.29, 1.82) is 0 Å². The molecule has 0 fully saturated rings. The topological polar surface area (TPSA) is 29.5 Å². The molecule has 2 nitrogen and oxygen atoms in total. The Morgan fingerprint density at radius 2 is 1.95 bits per heavy atom. The molecular weight excluding hydrogens is 260 g/mol. The number of aliphatic hydroxyl groups is 1. The van der Waals surface area contributed by atoms with E-state index < -0.39 is 6.10 Å². The van der Waals surface area contributed by atoms with Gasteiger partial charge < -0.3 is 9.84 Å². The Morgan fingerprint density at radius 3 is 2.63 bits per heavy atom. The summed E-state index contributed by atoms with van der Waals surface area (Å²) in [5.74, 6) is 0.713. The van der Waals surface area contributed by atoms with Gasteiger partial charge in [-0.25, -0.2) is 0 Å². The summed E-state index contributed by atoms with van der Waals surface area (Å²) in [6.07, 6.45) is 6.21. The molecule has 0 radical (unpaired) electrons. The maximum atomic E-state index is 10.0. The van der Waals surface area contributed by atoms with Crippen LogP contribution in [0.15, 0.2) is 24.3 Å². The van der Waals surface area contributed by atoms with Gasteiger partial charge in [-0.05, 0) is 31.5 Å². The molecule has 0 heterocycles. The second-order valence-corrected chi connectivity index (χ2v) is 5.49. The first kappa shape index (κ1) is 16.3. The van der Waals surface area contributed by atoms with Crippen LogP contribution in [0.5, 0.6) is 5.75 Å². The standard InChI is InChI=1S/C16H25ClO2/c1-3-4-5-6-7-11-16(18)13(2)19-15-10-8-9-14(17)12-15/h8-10,12-13,16,18H,3-7,11H2,1-2H3. The lowest BCUT2D eigenvalue weighted by Gasteiger charge is -2.20. The third-order valence-corrected chi connectivity index (χ3v) is 3.50. The van der Waals surface area contributed by atoms with Crippen molar-refractivity contribution in [2.45, 2.75) is 64.6 Å². The van der Waals surface area contributed by atoms with Gasteiger partial charge in [-0.1, -0.05) is 56.7 Å². The van der Waals surface area contributed by atoms with Gasteiger partial charge in [0.25, 0.3) is 0 Å². The first-order chi connectivity index (χ1) is 9.13. The van der Waals surface area contributed by atoms with Crippen LogP contribution < -0.4 is 4.74 Å². The normalized spacial score (nSPS) is 14.1. The molecule has 0 aliphatic rings. The van der Waals surface area contributed by atoms with Gasteiger partial charge in [0.1, 0.15) is 11.9 Å². The highest BCUT2D eigenvalue weighted by molar-refractivity contribution is 6.30. The third-order valence-electron chi connectivity index (χ3n) is 3.26. The van der Waals surface area contributed by atoms with Crippen LogP contribution in [0.1, 0.15) is 52.4 Å². The molecule has 0 bridgehead atoms. The lowest BCUT2D eigenvalue weighted by atomic mass is 10.1. The Bertz CT molecular complexity index is 354. The minimum Gasteiger partial charge on any atom is -0.488 e. The van der Waals surface area contributed by atoms with Crippen LogP contribution in [0.4, 0.5) is 0 Å². The summed E-state index contributed by atoms with van der Waals surface area (Å²) in [6, 6.07) is 7.28. The molecule has 1 N–H and O–H groups in total. The summed E-state index contributed by atoms with van der Waals surface area (Å²) in [5.41, 5.74) is 0. The van der Waals surface area contributed by atoms with E-state index in [1.807, 2.05) is 25.1 Å². The smallest absolute Gasteiger partial charge is 0.122 e. The second kappa shape index (κ2) is 9.22. The molecule has 108 valence electrons. The molecule has 0 aromatic heterocycles. The van der Waals surface area contributed by atoms with Crippen molar-refractivity contribution in [2.24, 2.45) is 0 Å². The van der Waals surface area contributed by atoms with E-state index in [2.05, 4.69) is 6.92 Å². The van der Waals surface area contributed by atoms with Crippen molar-refractivity contribution < 1.29 is 9.84 Å². The van der Waals surface area contributed by atoms with E-state index in [1.54, 1.807) is 6.07 Å². The maximum absolute atomic E-state index is 10.0. The monoisotopic (exact) mass is 284 g/mol. The van der Waals surface area contributed by atoms with Gasteiger partial charge in [0.2, 0.25) is 0 Å². The van der Waals surface area contributed by atoms with Crippen LogP contribution in [-0.4, -0.2) is 17.3 Å². The molecule has 1 aromatic rings. The summed E-state index contributed by atoms with van der Waals surface area (Å²) in [5, 5.41) is 10.7. The Morgan fingerprint density at radius 1 is 1.21 bits per heavy atom. The van der Waals surface area contributed by atoms with Crippen molar-refractivity contribution in [3.05, 3.63) is 29.3 Å². The van der Waals surface area contributed by atoms with E-state index in [1.165, 1.54) is 25.7 Å². The van der Waals surface area contributed by atoms with Crippen molar-refractivity contribution >= 4 is 11.6 Å².